The van der Waals surface area contributed by atoms with Crippen molar-refractivity contribution in [2.75, 3.05) is 6.54 Å². The topological polar surface area (TPSA) is 130 Å². The number of aliphatic hydroxyl groups excluding tert-OH is 1. The van der Waals surface area contributed by atoms with Crippen LogP contribution >= 0.6 is 0 Å². The first-order chi connectivity index (χ1) is 16.3. The number of carbonyl (C=O) groups is 3. The number of Topliss-reactive ketones (excluding diaryl/α,β-unsaturated/α-hetero) is 1. The maximum absolute atomic E-state index is 13.5. The van der Waals surface area contributed by atoms with E-state index in [-0.39, 0.29) is 49.2 Å². The maximum atomic E-state index is 13.5. The number of aliphatic hydroxyl groups is 1. The van der Waals surface area contributed by atoms with Crippen LogP contribution in [0.2, 0.25) is 0 Å². The fraction of sp³-hybridized carbons (Fsp3) is 0.800. The Morgan fingerprint density at radius 2 is 1.91 bits per heavy atom. The van der Waals surface area contributed by atoms with Gasteiger partial charge in [-0.05, 0) is 58.8 Å². The van der Waals surface area contributed by atoms with E-state index in [4.69, 9.17) is 4.74 Å². The quantitative estimate of drug-likeness (QED) is 0.553. The Balaban J connectivity index is 1.61. The van der Waals surface area contributed by atoms with E-state index in [1.165, 1.54) is 4.90 Å². The van der Waals surface area contributed by atoms with Gasteiger partial charge >= 0.3 is 0 Å². The van der Waals surface area contributed by atoms with Crippen molar-refractivity contribution < 1.29 is 32.6 Å². The van der Waals surface area contributed by atoms with Crippen molar-refractivity contribution in [2.24, 2.45) is 17.3 Å². The van der Waals surface area contributed by atoms with Crippen LogP contribution in [-0.2, 0) is 29.1 Å². The van der Waals surface area contributed by atoms with Crippen molar-refractivity contribution in [3.63, 3.8) is 0 Å². The van der Waals surface area contributed by atoms with Gasteiger partial charge in [-0.1, -0.05) is 19.1 Å². The van der Waals surface area contributed by atoms with E-state index in [1.807, 2.05) is 26.0 Å². The van der Waals surface area contributed by atoms with Crippen LogP contribution in [0.15, 0.2) is 12.2 Å². The van der Waals surface area contributed by atoms with Crippen molar-refractivity contribution in [1.29, 1.82) is 0 Å². The third-order valence-corrected chi connectivity index (χ3v) is 10.6. The first-order valence-electron chi connectivity index (χ1n) is 12.7. The van der Waals surface area contributed by atoms with E-state index in [2.05, 4.69) is 4.72 Å². The van der Waals surface area contributed by atoms with E-state index >= 15 is 0 Å². The van der Waals surface area contributed by atoms with Crippen LogP contribution in [0.3, 0.4) is 0 Å². The molecule has 2 aliphatic heterocycles. The zero-order valence-corrected chi connectivity index (χ0v) is 21.8. The highest BCUT2D eigenvalue weighted by molar-refractivity contribution is 7.91. The van der Waals surface area contributed by atoms with Gasteiger partial charge < -0.3 is 14.7 Å². The summed E-state index contributed by atoms with van der Waals surface area (Å²) in [5, 5.41) is 10.3. The van der Waals surface area contributed by atoms with Gasteiger partial charge in [0.25, 0.3) is 0 Å². The van der Waals surface area contributed by atoms with Gasteiger partial charge in [0.1, 0.15) is 0 Å². The molecule has 2 N–H and O–H groups in total. The summed E-state index contributed by atoms with van der Waals surface area (Å²) < 4.78 is 32.9. The number of ether oxygens (including phenoxy) is 1. The van der Waals surface area contributed by atoms with Crippen molar-refractivity contribution in [3.8, 4) is 0 Å². The van der Waals surface area contributed by atoms with Crippen molar-refractivity contribution in [3.05, 3.63) is 12.2 Å². The van der Waals surface area contributed by atoms with Gasteiger partial charge in [-0.15, -0.1) is 0 Å². The highest BCUT2D eigenvalue weighted by Crippen LogP contribution is 2.57. The third kappa shape index (κ3) is 5.06. The van der Waals surface area contributed by atoms with Gasteiger partial charge in [0.05, 0.1) is 40.4 Å². The van der Waals surface area contributed by atoms with Crippen LogP contribution in [0, 0.1) is 17.3 Å². The molecule has 0 aromatic heterocycles. The lowest BCUT2D eigenvalue weighted by molar-refractivity contribution is -0.146. The average molecular weight is 511 g/mol. The maximum Gasteiger partial charge on any atom is 0.240 e. The number of nitrogens with zero attached hydrogens (tertiary/aromatic N) is 1. The Kier molecular flexibility index (Phi) is 6.96. The molecular formula is C25H38N2O7S. The molecule has 35 heavy (non-hydrogen) atoms. The van der Waals surface area contributed by atoms with Crippen molar-refractivity contribution in [1.82, 2.24) is 9.62 Å². The van der Waals surface area contributed by atoms with E-state index in [9.17, 15) is 27.9 Å². The summed E-state index contributed by atoms with van der Waals surface area (Å²) in [6.07, 6.45) is 5.33. The Morgan fingerprint density at radius 1 is 1.23 bits per heavy atom. The molecule has 4 rings (SSSR count). The van der Waals surface area contributed by atoms with Gasteiger partial charge in [0.2, 0.25) is 21.8 Å². The molecule has 2 aliphatic carbocycles. The molecule has 3 fully saturated rings. The molecule has 2 amide bonds. The molecule has 0 aromatic carbocycles. The van der Waals surface area contributed by atoms with Gasteiger partial charge in [-0.3, -0.25) is 19.1 Å². The summed E-state index contributed by atoms with van der Waals surface area (Å²) in [5.74, 6) is -1.99. The van der Waals surface area contributed by atoms with E-state index in [0.29, 0.717) is 25.7 Å². The molecule has 2 heterocycles. The first-order valence-corrected chi connectivity index (χ1v) is 14.2. The largest absolute Gasteiger partial charge is 0.391 e. The molecule has 1 saturated heterocycles. The molecule has 196 valence electrons. The van der Waals surface area contributed by atoms with Gasteiger partial charge in [0, 0.05) is 19.4 Å². The standard InChI is InChI=1S/C25H38N2O7S/c1-15-7-5-6-8-18-12-25(18,23(31)26-35(32,33)24(4)9-10-24)13-21(29)20-11-19(28)14-27(20)22(30)16(2)17(3)34-15/h6,8,15-20,28H,5,7,9-14H2,1-4H3,(H,26,31)/b8-6-/t15-,16+,17+,18-,19-,20+,25-/m1/s1. The lowest BCUT2D eigenvalue weighted by Crippen LogP contribution is -2.48. The number of fused-ring (bicyclic) bond motifs is 2. The monoisotopic (exact) mass is 510 g/mol. The number of carbonyl (C=O) groups excluding carboxylic acids is 3. The number of hydrogen-bond acceptors (Lipinski definition) is 7. The molecule has 4 aliphatic rings. The number of rotatable bonds is 3. The molecule has 0 bridgehead atoms. The number of ketones is 1. The lowest BCUT2D eigenvalue weighted by Gasteiger charge is -2.30. The van der Waals surface area contributed by atoms with Crippen LogP contribution in [0.4, 0.5) is 0 Å². The zero-order chi connectivity index (χ0) is 25.8. The summed E-state index contributed by atoms with van der Waals surface area (Å²) in [4.78, 5) is 41.5. The molecule has 2 saturated carbocycles. The molecule has 0 spiro atoms. The Morgan fingerprint density at radius 3 is 2.57 bits per heavy atom. The summed E-state index contributed by atoms with van der Waals surface area (Å²) in [5.41, 5.74) is -1.16. The zero-order valence-electron chi connectivity index (χ0n) is 21.0. The minimum absolute atomic E-state index is 0.0527. The van der Waals surface area contributed by atoms with Gasteiger partial charge in [0.15, 0.2) is 5.78 Å². The minimum atomic E-state index is -3.84. The molecule has 7 atom stereocenters. The second kappa shape index (κ2) is 9.27. The molecule has 0 aromatic rings. The lowest BCUT2D eigenvalue weighted by atomic mass is 9.91. The molecule has 0 radical (unpaired) electrons. The minimum Gasteiger partial charge on any atom is -0.391 e. The predicted molar refractivity (Wildman–Crippen MR) is 129 cm³/mol. The van der Waals surface area contributed by atoms with Crippen LogP contribution < -0.4 is 4.72 Å². The van der Waals surface area contributed by atoms with Crippen LogP contribution in [0.5, 0.6) is 0 Å². The van der Waals surface area contributed by atoms with Crippen LogP contribution in [0.1, 0.15) is 72.6 Å². The number of allylic oxidation sites excluding steroid dienone is 2. The fourth-order valence-electron chi connectivity index (χ4n) is 5.32. The normalized spacial score (nSPS) is 40.7. The number of sulfonamides is 1. The van der Waals surface area contributed by atoms with Crippen LogP contribution in [0.25, 0.3) is 0 Å². The van der Waals surface area contributed by atoms with Gasteiger partial charge in [-0.25, -0.2) is 8.42 Å². The van der Waals surface area contributed by atoms with Gasteiger partial charge in [-0.2, -0.15) is 0 Å². The van der Waals surface area contributed by atoms with E-state index in [1.54, 1.807) is 13.8 Å². The number of nitrogens with one attached hydrogen (secondary N) is 1. The van der Waals surface area contributed by atoms with Crippen LogP contribution in [-0.4, -0.2) is 71.7 Å². The highest BCUT2D eigenvalue weighted by atomic mass is 32.2. The third-order valence-electron chi connectivity index (χ3n) is 8.49. The summed E-state index contributed by atoms with van der Waals surface area (Å²) in [6, 6.07) is -0.845. The molecule has 9 nitrogen and oxygen atoms in total. The van der Waals surface area contributed by atoms with Crippen molar-refractivity contribution >= 4 is 27.6 Å². The average Bonchev–Trinajstić information content (AvgIpc) is 3.66. The number of hydrogen-bond donors (Lipinski definition) is 2. The Bertz CT molecular complexity index is 1020. The Labute approximate surface area is 207 Å². The SMILES string of the molecule is C[C@@H]1CC/C=C\[C@@H]2C[C@@]2(C(=O)NS(=O)(=O)C2(C)CC2)CC(=O)[C@@H]2C[C@@H](O)CN2C(=O)[C@@H](C)[C@H](C)O1. The van der Waals surface area contributed by atoms with Crippen molar-refractivity contribution in [2.45, 2.75) is 102 Å². The Hall–Kier alpha value is -1.78. The highest BCUT2D eigenvalue weighted by Gasteiger charge is 2.62. The predicted octanol–water partition coefficient (Wildman–Crippen LogP) is 1.69. The number of amides is 2. The fourth-order valence-corrected chi connectivity index (χ4v) is 6.65. The molecule has 10 heteroatoms. The molecular weight excluding hydrogens is 472 g/mol. The van der Waals surface area contributed by atoms with E-state index < -0.39 is 44.2 Å². The van der Waals surface area contributed by atoms with E-state index in [0.717, 1.165) is 6.42 Å². The summed E-state index contributed by atoms with van der Waals surface area (Å²) in [7, 11) is -3.84. The molecule has 0 unspecified atom stereocenters. The smallest absolute Gasteiger partial charge is 0.240 e. The second-order valence-corrected chi connectivity index (χ2v) is 13.5. The summed E-state index contributed by atoms with van der Waals surface area (Å²) >= 11 is 0. The second-order valence-electron chi connectivity index (χ2n) is 11.3. The summed E-state index contributed by atoms with van der Waals surface area (Å²) in [6.45, 7) is 7.21. The first kappa shape index (κ1) is 26.3.